The lowest BCUT2D eigenvalue weighted by Gasteiger charge is -2.30. The molecule has 3 aromatic rings. The van der Waals surface area contributed by atoms with Crippen molar-refractivity contribution in [1.82, 2.24) is 10.3 Å². The van der Waals surface area contributed by atoms with Gasteiger partial charge in [-0.3, -0.25) is 4.79 Å². The van der Waals surface area contributed by atoms with Crippen LogP contribution in [0.3, 0.4) is 0 Å². The summed E-state index contributed by atoms with van der Waals surface area (Å²) < 4.78 is 5.84. The summed E-state index contributed by atoms with van der Waals surface area (Å²) in [6, 6.07) is 18.9. The van der Waals surface area contributed by atoms with Crippen molar-refractivity contribution < 1.29 is 9.21 Å². The maximum atomic E-state index is 12.4. The van der Waals surface area contributed by atoms with Crippen molar-refractivity contribution in [2.24, 2.45) is 5.92 Å². The first-order valence-electron chi connectivity index (χ1n) is 9.79. The van der Waals surface area contributed by atoms with Gasteiger partial charge in [-0.15, -0.1) is 0 Å². The molecule has 146 valence electrons. The van der Waals surface area contributed by atoms with Crippen molar-refractivity contribution in [1.29, 1.82) is 0 Å². The predicted molar refractivity (Wildman–Crippen MR) is 115 cm³/mol. The largest absolute Gasteiger partial charge is 0.423 e. The second-order valence-electron chi connectivity index (χ2n) is 7.05. The number of carbonyl (C=O) groups is 1. The number of benzene rings is 2. The molecule has 0 unspecified atom stereocenters. The van der Waals surface area contributed by atoms with Crippen molar-refractivity contribution in [2.75, 3.05) is 30.3 Å². The Morgan fingerprint density at radius 3 is 2.64 bits per heavy atom. The molecular weight excluding hydrogens is 370 g/mol. The first kappa shape index (κ1) is 18.9. The molecule has 0 aliphatic carbocycles. The van der Waals surface area contributed by atoms with Crippen molar-refractivity contribution in [3.63, 3.8) is 0 Å². The Kier molecular flexibility index (Phi) is 6.17. The molecule has 2 heterocycles. The van der Waals surface area contributed by atoms with Crippen LogP contribution in [0, 0.1) is 5.92 Å². The van der Waals surface area contributed by atoms with E-state index in [9.17, 15) is 4.79 Å². The van der Waals surface area contributed by atoms with Crippen LogP contribution in [0.25, 0.3) is 11.1 Å². The monoisotopic (exact) mass is 395 g/mol. The van der Waals surface area contributed by atoms with Crippen molar-refractivity contribution in [3.05, 3.63) is 60.2 Å². The van der Waals surface area contributed by atoms with Crippen LogP contribution >= 0.6 is 11.8 Å². The summed E-state index contributed by atoms with van der Waals surface area (Å²) in [5, 5.41) is 3.10. The number of nitrogens with zero attached hydrogens (tertiary/aromatic N) is 2. The molecule has 6 heteroatoms. The number of anilines is 1. The summed E-state index contributed by atoms with van der Waals surface area (Å²) in [6.07, 6.45) is 1.67. The van der Waals surface area contributed by atoms with Gasteiger partial charge in [0.15, 0.2) is 5.58 Å². The minimum atomic E-state index is 0.0831. The Balaban J connectivity index is 1.17. The van der Waals surface area contributed by atoms with Gasteiger partial charge in [-0.1, -0.05) is 42.5 Å². The minimum absolute atomic E-state index is 0.0831. The molecule has 0 bridgehead atoms. The van der Waals surface area contributed by atoms with Gasteiger partial charge in [0.1, 0.15) is 5.52 Å². The molecule has 0 saturated carbocycles. The van der Waals surface area contributed by atoms with Crippen molar-refractivity contribution >= 4 is 34.8 Å². The molecule has 1 aliphatic rings. The number of carbonyl (C=O) groups excluding carboxylic acids is 1. The second kappa shape index (κ2) is 9.15. The van der Waals surface area contributed by atoms with E-state index < -0.39 is 0 Å². The number of para-hydroxylation sites is 2. The first-order valence-corrected chi connectivity index (χ1v) is 10.9. The standard InChI is InChI=1S/C22H25N3O2S/c26-21(23-12-15-28-16-17-6-2-1-3-7-17)18-10-13-25(14-11-18)22-24-19-8-4-5-9-20(19)27-22/h1-9,18H,10-16H2,(H,23,26). The highest BCUT2D eigenvalue weighted by molar-refractivity contribution is 7.98. The maximum absolute atomic E-state index is 12.4. The van der Waals surface area contributed by atoms with Crippen LogP contribution in [-0.2, 0) is 10.5 Å². The number of aromatic nitrogens is 1. The molecular formula is C22H25N3O2S. The molecule has 0 spiro atoms. The van der Waals surface area contributed by atoms with Gasteiger partial charge in [-0.25, -0.2) is 0 Å². The third kappa shape index (κ3) is 4.68. The molecule has 28 heavy (non-hydrogen) atoms. The number of oxazole rings is 1. The highest BCUT2D eigenvalue weighted by Gasteiger charge is 2.26. The first-order chi connectivity index (χ1) is 13.8. The molecule has 1 amide bonds. The smallest absolute Gasteiger partial charge is 0.298 e. The Labute approximate surface area is 169 Å². The molecule has 2 aromatic carbocycles. The van der Waals surface area contributed by atoms with Gasteiger partial charge < -0.3 is 14.6 Å². The third-order valence-electron chi connectivity index (χ3n) is 5.08. The number of nitrogens with one attached hydrogen (secondary N) is 1. The molecule has 1 saturated heterocycles. The van der Waals surface area contributed by atoms with Gasteiger partial charge in [0, 0.05) is 37.1 Å². The fourth-order valence-electron chi connectivity index (χ4n) is 3.48. The van der Waals surface area contributed by atoms with E-state index in [-0.39, 0.29) is 11.8 Å². The minimum Gasteiger partial charge on any atom is -0.423 e. The van der Waals surface area contributed by atoms with Gasteiger partial charge in [0.25, 0.3) is 6.01 Å². The predicted octanol–water partition coefficient (Wildman–Crippen LogP) is 4.09. The van der Waals surface area contributed by atoms with E-state index in [1.165, 1.54) is 5.56 Å². The summed E-state index contributed by atoms with van der Waals surface area (Å²) in [6.45, 7) is 2.32. The normalized spacial score (nSPS) is 15.1. The van der Waals surface area contributed by atoms with Gasteiger partial charge >= 0.3 is 0 Å². The summed E-state index contributed by atoms with van der Waals surface area (Å²) in [5.41, 5.74) is 3.01. The Morgan fingerprint density at radius 1 is 1.11 bits per heavy atom. The van der Waals surface area contributed by atoms with Gasteiger partial charge in [0.05, 0.1) is 0 Å². The van der Waals surface area contributed by atoms with Gasteiger partial charge in [-0.2, -0.15) is 16.7 Å². The molecule has 1 aromatic heterocycles. The molecule has 4 rings (SSSR count). The zero-order valence-electron chi connectivity index (χ0n) is 15.8. The Bertz CT molecular complexity index is 871. The quantitative estimate of drug-likeness (QED) is 0.611. The highest BCUT2D eigenvalue weighted by Crippen LogP contribution is 2.26. The summed E-state index contributed by atoms with van der Waals surface area (Å²) in [7, 11) is 0. The maximum Gasteiger partial charge on any atom is 0.298 e. The number of thioether (sulfide) groups is 1. The summed E-state index contributed by atoms with van der Waals surface area (Å²) >= 11 is 1.85. The Hall–Kier alpha value is -2.47. The number of piperidine rings is 1. The van der Waals surface area contributed by atoms with Crippen LogP contribution in [0.1, 0.15) is 18.4 Å². The number of fused-ring (bicyclic) bond motifs is 1. The van der Waals surface area contributed by atoms with Crippen molar-refractivity contribution in [2.45, 2.75) is 18.6 Å². The van der Waals surface area contributed by atoms with E-state index in [1.807, 2.05) is 42.1 Å². The highest BCUT2D eigenvalue weighted by atomic mass is 32.2. The van der Waals surface area contributed by atoms with E-state index in [0.29, 0.717) is 6.01 Å². The van der Waals surface area contributed by atoms with E-state index in [4.69, 9.17) is 4.42 Å². The summed E-state index contributed by atoms with van der Waals surface area (Å²) in [4.78, 5) is 19.1. The van der Waals surface area contributed by atoms with Gasteiger partial charge in [-0.05, 0) is 30.5 Å². The van der Waals surface area contributed by atoms with Crippen LogP contribution in [0.2, 0.25) is 0 Å². The SMILES string of the molecule is O=C(NCCSCc1ccccc1)C1CCN(c2nc3ccccc3o2)CC1. The van der Waals surface area contributed by atoms with E-state index in [0.717, 1.165) is 55.1 Å². The lowest BCUT2D eigenvalue weighted by atomic mass is 9.96. The van der Waals surface area contributed by atoms with Crippen molar-refractivity contribution in [3.8, 4) is 0 Å². The van der Waals surface area contributed by atoms with Crippen LogP contribution in [0.15, 0.2) is 59.0 Å². The number of rotatable bonds is 7. The lowest BCUT2D eigenvalue weighted by molar-refractivity contribution is -0.125. The van der Waals surface area contributed by atoms with E-state index in [2.05, 4.69) is 39.5 Å². The molecule has 5 nitrogen and oxygen atoms in total. The van der Waals surface area contributed by atoms with Crippen LogP contribution in [0.5, 0.6) is 0 Å². The number of amides is 1. The van der Waals surface area contributed by atoms with Crippen LogP contribution in [-0.4, -0.2) is 36.3 Å². The topological polar surface area (TPSA) is 58.4 Å². The average molecular weight is 396 g/mol. The fourth-order valence-corrected chi connectivity index (χ4v) is 4.30. The van der Waals surface area contributed by atoms with Crippen LogP contribution < -0.4 is 10.2 Å². The number of hydrogen-bond donors (Lipinski definition) is 1. The summed E-state index contributed by atoms with van der Waals surface area (Å²) in [5.74, 6) is 2.18. The number of hydrogen-bond acceptors (Lipinski definition) is 5. The molecule has 1 aliphatic heterocycles. The van der Waals surface area contributed by atoms with Crippen LogP contribution in [0.4, 0.5) is 6.01 Å². The van der Waals surface area contributed by atoms with E-state index >= 15 is 0 Å². The lowest BCUT2D eigenvalue weighted by Crippen LogP contribution is -2.41. The zero-order chi connectivity index (χ0) is 19.2. The molecule has 0 atom stereocenters. The van der Waals surface area contributed by atoms with Gasteiger partial charge in [0.2, 0.25) is 5.91 Å². The average Bonchev–Trinajstić information content (AvgIpc) is 3.18. The zero-order valence-corrected chi connectivity index (χ0v) is 16.7. The second-order valence-corrected chi connectivity index (χ2v) is 8.16. The fraction of sp³-hybridized carbons (Fsp3) is 0.364. The molecule has 1 fully saturated rings. The van der Waals surface area contributed by atoms with E-state index in [1.54, 1.807) is 0 Å². The Morgan fingerprint density at radius 2 is 1.86 bits per heavy atom. The molecule has 0 radical (unpaired) electrons. The third-order valence-corrected chi connectivity index (χ3v) is 6.11. The molecule has 1 N–H and O–H groups in total.